The van der Waals surface area contributed by atoms with Gasteiger partial charge in [0.1, 0.15) is 17.0 Å². The number of nitriles is 1. The summed E-state index contributed by atoms with van der Waals surface area (Å²) in [4.78, 5) is 22.4. The normalized spacial score (nSPS) is 20.5. The van der Waals surface area contributed by atoms with Crippen molar-refractivity contribution in [2.24, 2.45) is 14.1 Å². The number of aryl methyl sites for hydroxylation is 3. The van der Waals surface area contributed by atoms with Crippen LogP contribution in [0.15, 0.2) is 35.1 Å². The third kappa shape index (κ3) is 3.69. The highest BCUT2D eigenvalue weighted by Crippen LogP contribution is 2.32. The highest BCUT2D eigenvalue weighted by molar-refractivity contribution is 5.87. The number of hydrogen-bond acceptors (Lipinski definition) is 5. The van der Waals surface area contributed by atoms with Gasteiger partial charge >= 0.3 is 0 Å². The molecule has 32 heavy (non-hydrogen) atoms. The Labute approximate surface area is 189 Å². The molecule has 0 spiro atoms. The topological polar surface area (TPSA) is 70.1 Å². The smallest absolute Gasteiger partial charge is 0.254 e. The van der Waals surface area contributed by atoms with E-state index in [4.69, 9.17) is 4.98 Å². The molecule has 0 aliphatic carbocycles. The number of nitrogens with zero attached hydrogens (tertiary/aromatic N) is 6. The fraction of sp³-hybridized carbons (Fsp3) is 0.480. The lowest BCUT2D eigenvalue weighted by Crippen LogP contribution is -2.57. The minimum Gasteiger partial charge on any atom is -0.364 e. The molecular weight excluding hydrogens is 400 g/mol. The van der Waals surface area contributed by atoms with Gasteiger partial charge in [-0.2, -0.15) is 5.26 Å². The fourth-order valence-corrected chi connectivity index (χ4v) is 4.99. The van der Waals surface area contributed by atoms with Gasteiger partial charge in [-0.3, -0.25) is 14.3 Å². The van der Waals surface area contributed by atoms with Crippen LogP contribution in [0.2, 0.25) is 0 Å². The standard InChI is InChI=1S/C25H32N6O/c1-16-7-9-20(10-8-16)19(4)30-14-18(3)31(15-17(30)2)21-13-23(32)29(6)25-24(21)27-22(11-12-26)28(25)5/h7-10,13,17-19H,11,14-15H2,1-6H3/t17-,18+,19?/m1/s1. The molecule has 0 amide bonds. The van der Waals surface area contributed by atoms with Crippen molar-refractivity contribution in [2.75, 3.05) is 18.0 Å². The van der Waals surface area contributed by atoms with E-state index in [1.165, 1.54) is 11.1 Å². The Morgan fingerprint density at radius 1 is 1.12 bits per heavy atom. The Morgan fingerprint density at radius 3 is 2.47 bits per heavy atom. The lowest BCUT2D eigenvalue weighted by Gasteiger charge is -2.47. The van der Waals surface area contributed by atoms with Crippen molar-refractivity contribution >= 4 is 16.9 Å². The van der Waals surface area contributed by atoms with Crippen molar-refractivity contribution in [3.05, 3.63) is 57.6 Å². The molecule has 3 aromatic rings. The Kier molecular flexibility index (Phi) is 5.83. The number of anilines is 1. The highest BCUT2D eigenvalue weighted by Gasteiger charge is 2.34. The predicted molar refractivity (Wildman–Crippen MR) is 128 cm³/mol. The first-order valence-corrected chi connectivity index (χ1v) is 11.2. The second-order valence-electron chi connectivity index (χ2n) is 9.15. The largest absolute Gasteiger partial charge is 0.364 e. The number of hydrogen-bond donors (Lipinski definition) is 0. The average Bonchev–Trinajstić information content (AvgIpc) is 3.09. The summed E-state index contributed by atoms with van der Waals surface area (Å²) in [6.07, 6.45) is 0.215. The number of pyridine rings is 1. The van der Waals surface area contributed by atoms with Crippen LogP contribution in [0.1, 0.15) is 43.8 Å². The first-order chi connectivity index (χ1) is 15.2. The lowest BCUT2D eigenvalue weighted by molar-refractivity contribution is 0.119. The van der Waals surface area contributed by atoms with Crippen LogP contribution in [0.3, 0.4) is 0 Å². The van der Waals surface area contributed by atoms with Gasteiger partial charge in [0.2, 0.25) is 0 Å². The van der Waals surface area contributed by atoms with Crippen LogP contribution in [0.5, 0.6) is 0 Å². The first kappa shape index (κ1) is 22.1. The van der Waals surface area contributed by atoms with Gasteiger partial charge in [0.15, 0.2) is 0 Å². The van der Waals surface area contributed by atoms with E-state index in [2.05, 4.69) is 67.8 Å². The Morgan fingerprint density at radius 2 is 1.81 bits per heavy atom. The molecular formula is C25H32N6O. The summed E-state index contributed by atoms with van der Waals surface area (Å²) < 4.78 is 3.49. The van der Waals surface area contributed by atoms with Crippen LogP contribution in [0.4, 0.5) is 5.69 Å². The second kappa shape index (κ2) is 8.44. The Bertz CT molecular complexity index is 1230. The maximum Gasteiger partial charge on any atom is 0.254 e. The molecule has 0 N–H and O–H groups in total. The van der Waals surface area contributed by atoms with Crippen molar-refractivity contribution < 1.29 is 0 Å². The maximum absolute atomic E-state index is 12.8. The number of fused-ring (bicyclic) bond motifs is 1. The van der Waals surface area contributed by atoms with Crippen molar-refractivity contribution in [2.45, 2.75) is 52.2 Å². The third-order valence-corrected chi connectivity index (χ3v) is 6.95. The van der Waals surface area contributed by atoms with E-state index in [1.54, 1.807) is 17.7 Å². The fourth-order valence-electron chi connectivity index (χ4n) is 4.99. The summed E-state index contributed by atoms with van der Waals surface area (Å²) in [6.45, 7) is 10.6. The molecule has 0 bridgehead atoms. The van der Waals surface area contributed by atoms with Crippen LogP contribution in [-0.4, -0.2) is 44.2 Å². The van der Waals surface area contributed by atoms with E-state index in [0.29, 0.717) is 17.9 Å². The quantitative estimate of drug-likeness (QED) is 0.633. The van der Waals surface area contributed by atoms with Gasteiger partial charge < -0.3 is 9.47 Å². The van der Waals surface area contributed by atoms with Gasteiger partial charge in [-0.15, -0.1) is 0 Å². The zero-order chi connectivity index (χ0) is 23.2. The molecule has 2 aromatic heterocycles. The first-order valence-electron chi connectivity index (χ1n) is 11.2. The molecule has 7 heteroatoms. The van der Waals surface area contributed by atoms with Gasteiger partial charge in [0.25, 0.3) is 5.56 Å². The van der Waals surface area contributed by atoms with Crippen LogP contribution < -0.4 is 10.5 Å². The van der Waals surface area contributed by atoms with Crippen molar-refractivity contribution in [3.63, 3.8) is 0 Å². The summed E-state index contributed by atoms with van der Waals surface area (Å²) >= 11 is 0. The summed E-state index contributed by atoms with van der Waals surface area (Å²) in [5, 5.41) is 9.19. The predicted octanol–water partition coefficient (Wildman–Crippen LogP) is 3.31. The molecule has 0 radical (unpaired) electrons. The number of piperazine rings is 1. The van der Waals surface area contributed by atoms with Crippen molar-refractivity contribution in [1.29, 1.82) is 5.26 Å². The lowest BCUT2D eigenvalue weighted by atomic mass is 9.99. The highest BCUT2D eigenvalue weighted by atomic mass is 16.1. The monoisotopic (exact) mass is 432 g/mol. The molecule has 3 heterocycles. The van der Waals surface area contributed by atoms with E-state index in [0.717, 1.165) is 29.9 Å². The van der Waals surface area contributed by atoms with E-state index in [9.17, 15) is 10.1 Å². The average molecular weight is 433 g/mol. The van der Waals surface area contributed by atoms with Gasteiger partial charge in [-0.1, -0.05) is 29.8 Å². The summed E-state index contributed by atoms with van der Waals surface area (Å²) in [5.41, 5.74) is 4.95. The SMILES string of the molecule is Cc1ccc(C(C)N2C[C@H](C)N(c3cc(=O)n(C)c4c3nc(CC#N)n4C)C[C@H]2C)cc1. The van der Waals surface area contributed by atoms with Gasteiger partial charge in [0.05, 0.1) is 18.2 Å². The van der Waals surface area contributed by atoms with E-state index in [-0.39, 0.29) is 18.0 Å². The molecule has 1 aliphatic heterocycles. The van der Waals surface area contributed by atoms with Crippen LogP contribution in [0, 0.1) is 18.3 Å². The number of rotatable bonds is 4. The molecule has 0 saturated carbocycles. The van der Waals surface area contributed by atoms with Crippen molar-refractivity contribution in [3.8, 4) is 6.07 Å². The summed E-state index contributed by atoms with van der Waals surface area (Å²) in [7, 11) is 3.64. The van der Waals surface area contributed by atoms with Gasteiger partial charge in [-0.05, 0) is 33.3 Å². The van der Waals surface area contributed by atoms with Crippen LogP contribution in [-0.2, 0) is 20.5 Å². The zero-order valence-electron chi connectivity index (χ0n) is 19.8. The maximum atomic E-state index is 12.8. The molecule has 7 nitrogen and oxygen atoms in total. The molecule has 4 rings (SSSR count). The number of benzene rings is 1. The summed E-state index contributed by atoms with van der Waals surface area (Å²) in [5.74, 6) is 0.678. The molecule has 1 saturated heterocycles. The zero-order valence-corrected chi connectivity index (χ0v) is 19.8. The van der Waals surface area contributed by atoms with E-state index >= 15 is 0 Å². The Balaban J connectivity index is 1.69. The second-order valence-corrected chi connectivity index (χ2v) is 9.15. The number of aromatic nitrogens is 3. The van der Waals surface area contributed by atoms with Gasteiger partial charge in [0, 0.05) is 51.4 Å². The minimum atomic E-state index is -0.0608. The molecule has 1 aliphatic rings. The number of imidazole rings is 1. The molecule has 168 valence electrons. The van der Waals surface area contributed by atoms with Gasteiger partial charge in [-0.25, -0.2) is 4.98 Å². The molecule has 1 unspecified atom stereocenters. The van der Waals surface area contributed by atoms with Crippen molar-refractivity contribution in [1.82, 2.24) is 19.0 Å². The molecule has 3 atom stereocenters. The van der Waals surface area contributed by atoms with Crippen LogP contribution >= 0.6 is 0 Å². The molecule has 1 fully saturated rings. The third-order valence-electron chi connectivity index (χ3n) is 6.95. The Hall–Kier alpha value is -3.11. The van der Waals surface area contributed by atoms with E-state index < -0.39 is 0 Å². The molecule has 1 aromatic carbocycles. The van der Waals surface area contributed by atoms with Crippen LogP contribution in [0.25, 0.3) is 11.2 Å². The summed E-state index contributed by atoms with van der Waals surface area (Å²) in [6, 6.07) is 13.5. The minimum absolute atomic E-state index is 0.0608. The van der Waals surface area contributed by atoms with E-state index in [1.807, 2.05) is 11.6 Å².